The maximum absolute atomic E-state index is 2.50. The van der Waals surface area contributed by atoms with Crippen molar-refractivity contribution in [3.05, 3.63) is 218 Å². The molecule has 268 valence electrons. The quantitative estimate of drug-likeness (QED) is 0.152. The van der Waals surface area contributed by atoms with Crippen LogP contribution in [0.3, 0.4) is 0 Å². The molecule has 0 spiro atoms. The van der Waals surface area contributed by atoms with Gasteiger partial charge in [0.25, 0.3) is 0 Å². The van der Waals surface area contributed by atoms with E-state index in [1.54, 1.807) is 5.56 Å². The van der Waals surface area contributed by atoms with Crippen LogP contribution >= 0.6 is 0 Å². The second-order valence-corrected chi connectivity index (χ2v) is 14.8. The van der Waals surface area contributed by atoms with Crippen LogP contribution < -0.4 is 4.90 Å². The van der Waals surface area contributed by atoms with Crippen LogP contribution in [0, 0.1) is 0 Å². The molecule has 8 aromatic carbocycles. The van der Waals surface area contributed by atoms with Crippen molar-refractivity contribution in [1.29, 1.82) is 0 Å². The lowest BCUT2D eigenvalue weighted by molar-refractivity contribution is 0.667. The Hall–Kier alpha value is -6.90. The zero-order valence-corrected chi connectivity index (χ0v) is 31.4. The summed E-state index contributed by atoms with van der Waals surface area (Å²) in [6.07, 6.45) is 4.88. The Bertz CT molecular complexity index is 2640. The van der Waals surface area contributed by atoms with E-state index >= 15 is 0 Å². The lowest BCUT2D eigenvalue weighted by Crippen LogP contribution is -2.09. The van der Waals surface area contributed by atoms with Crippen molar-refractivity contribution < 1.29 is 0 Å². The molecule has 0 N–H and O–H groups in total. The van der Waals surface area contributed by atoms with Gasteiger partial charge in [0.15, 0.2) is 0 Å². The largest absolute Gasteiger partial charge is 0.313 e. The van der Waals surface area contributed by atoms with E-state index in [1.165, 1.54) is 86.1 Å². The van der Waals surface area contributed by atoms with Gasteiger partial charge in [0, 0.05) is 33.8 Å². The van der Waals surface area contributed by atoms with Gasteiger partial charge in [-0.2, -0.15) is 0 Å². The molecule has 2 nitrogen and oxygen atoms in total. The first-order valence-corrected chi connectivity index (χ1v) is 19.8. The minimum absolute atomic E-state index is 1.11. The molecule has 10 rings (SSSR count). The highest BCUT2D eigenvalue weighted by atomic mass is 15.1. The molecule has 0 fully saturated rings. The van der Waals surface area contributed by atoms with E-state index < -0.39 is 0 Å². The summed E-state index contributed by atoms with van der Waals surface area (Å²) in [5.74, 6) is 0. The first kappa shape index (κ1) is 33.7. The molecule has 0 aliphatic heterocycles. The molecule has 1 aliphatic carbocycles. The number of rotatable bonds is 8. The van der Waals surface area contributed by atoms with Gasteiger partial charge >= 0.3 is 0 Å². The van der Waals surface area contributed by atoms with Crippen LogP contribution in [0.4, 0.5) is 17.1 Å². The van der Waals surface area contributed by atoms with Crippen molar-refractivity contribution in [2.24, 2.45) is 0 Å². The molecule has 0 unspecified atom stereocenters. The first-order chi connectivity index (χ1) is 27.8. The van der Waals surface area contributed by atoms with Gasteiger partial charge in [-0.15, -0.1) is 0 Å². The van der Waals surface area contributed by atoms with Gasteiger partial charge in [0.2, 0.25) is 0 Å². The normalized spacial score (nSPS) is 12.4. The minimum Gasteiger partial charge on any atom is -0.313 e. The Balaban J connectivity index is 0.920. The molecule has 9 aromatic rings. The topological polar surface area (TPSA) is 8.17 Å². The van der Waals surface area contributed by atoms with Crippen LogP contribution in [0.25, 0.3) is 61.1 Å². The molecule has 1 aromatic heterocycles. The summed E-state index contributed by atoms with van der Waals surface area (Å²) >= 11 is 0. The molecule has 0 atom stereocenters. The Labute approximate surface area is 329 Å². The smallest absolute Gasteiger partial charge is 0.0534 e. The van der Waals surface area contributed by atoms with Gasteiger partial charge in [-0.1, -0.05) is 152 Å². The monoisotopic (exact) mass is 718 g/mol. The Morgan fingerprint density at radius 3 is 1.14 bits per heavy atom. The van der Waals surface area contributed by atoms with Crippen molar-refractivity contribution in [3.8, 4) is 50.2 Å². The predicted molar refractivity (Wildman–Crippen MR) is 236 cm³/mol. The summed E-state index contributed by atoms with van der Waals surface area (Å²) in [7, 11) is 0. The number of fused-ring (bicyclic) bond motifs is 3. The number of aromatic nitrogens is 1. The van der Waals surface area contributed by atoms with Crippen LogP contribution in [0.15, 0.2) is 206 Å². The SMILES string of the molecule is c1ccc(-c2ccc(N(c3ccc(-c4ccccc4)cc3)c3ccc(-c4ccc(-c5ccc(-n6c7c(c8ccccc86)CCCC7)cc5)cc4)cc3)cc2)cc1. The van der Waals surface area contributed by atoms with Gasteiger partial charge in [-0.05, 0) is 130 Å². The number of aryl methyl sites for hydroxylation is 1. The van der Waals surface area contributed by atoms with E-state index in [0.717, 1.165) is 23.5 Å². The highest BCUT2D eigenvalue weighted by molar-refractivity contribution is 5.88. The van der Waals surface area contributed by atoms with Gasteiger partial charge in [-0.25, -0.2) is 0 Å². The molecule has 0 amide bonds. The van der Waals surface area contributed by atoms with Crippen LogP contribution in [0.5, 0.6) is 0 Å². The molecule has 56 heavy (non-hydrogen) atoms. The van der Waals surface area contributed by atoms with Crippen LogP contribution in [-0.4, -0.2) is 4.57 Å². The molecule has 2 heteroatoms. The van der Waals surface area contributed by atoms with Crippen molar-refractivity contribution in [3.63, 3.8) is 0 Å². The Kier molecular flexibility index (Phi) is 8.85. The predicted octanol–water partition coefficient (Wildman–Crippen LogP) is 14.6. The van der Waals surface area contributed by atoms with Gasteiger partial charge in [0.1, 0.15) is 0 Å². The fourth-order valence-electron chi connectivity index (χ4n) is 8.57. The molecule has 0 saturated carbocycles. The Morgan fingerprint density at radius 1 is 0.321 bits per heavy atom. The second kappa shape index (κ2) is 14.7. The molecular formula is C54H42N2. The summed E-state index contributed by atoms with van der Waals surface area (Å²) in [4.78, 5) is 2.34. The number of hydrogen-bond donors (Lipinski definition) is 0. The van der Waals surface area contributed by atoms with Crippen LogP contribution in [0.2, 0.25) is 0 Å². The highest BCUT2D eigenvalue weighted by Crippen LogP contribution is 2.39. The van der Waals surface area contributed by atoms with Crippen molar-refractivity contribution in [1.82, 2.24) is 4.57 Å². The third kappa shape index (κ3) is 6.40. The fourth-order valence-corrected chi connectivity index (χ4v) is 8.57. The van der Waals surface area contributed by atoms with E-state index in [0.29, 0.717) is 0 Å². The third-order valence-corrected chi connectivity index (χ3v) is 11.4. The molecule has 1 aliphatic rings. The Morgan fingerprint density at radius 2 is 0.679 bits per heavy atom. The molecular weight excluding hydrogens is 677 g/mol. The fraction of sp³-hybridized carbons (Fsp3) is 0.0741. The number of benzene rings is 8. The van der Waals surface area contributed by atoms with E-state index in [4.69, 9.17) is 0 Å². The number of nitrogens with zero attached hydrogens (tertiary/aromatic N) is 2. The molecule has 1 heterocycles. The average molecular weight is 719 g/mol. The highest BCUT2D eigenvalue weighted by Gasteiger charge is 2.21. The van der Waals surface area contributed by atoms with Crippen molar-refractivity contribution >= 4 is 28.0 Å². The first-order valence-electron chi connectivity index (χ1n) is 19.8. The van der Waals surface area contributed by atoms with Gasteiger partial charge in [-0.3, -0.25) is 0 Å². The average Bonchev–Trinajstić information content (AvgIpc) is 3.62. The molecule has 0 saturated heterocycles. The lowest BCUT2D eigenvalue weighted by atomic mass is 9.95. The zero-order valence-electron chi connectivity index (χ0n) is 31.4. The lowest BCUT2D eigenvalue weighted by Gasteiger charge is -2.26. The van der Waals surface area contributed by atoms with Crippen molar-refractivity contribution in [2.75, 3.05) is 4.90 Å². The number of para-hydroxylation sites is 1. The molecule has 0 bridgehead atoms. The van der Waals surface area contributed by atoms with E-state index in [9.17, 15) is 0 Å². The summed E-state index contributed by atoms with van der Waals surface area (Å²) in [5, 5.41) is 1.41. The van der Waals surface area contributed by atoms with Gasteiger partial charge in [0.05, 0.1) is 5.52 Å². The summed E-state index contributed by atoms with van der Waals surface area (Å²) in [5.41, 5.74) is 18.6. The van der Waals surface area contributed by atoms with Crippen LogP contribution in [0.1, 0.15) is 24.1 Å². The van der Waals surface area contributed by atoms with E-state index in [2.05, 4.69) is 216 Å². The molecule has 0 radical (unpaired) electrons. The van der Waals surface area contributed by atoms with E-state index in [-0.39, 0.29) is 0 Å². The third-order valence-electron chi connectivity index (χ3n) is 11.4. The minimum atomic E-state index is 1.11. The standard InChI is InChI=1S/C54H42N2/c1-3-11-39(12-4-1)43-23-31-47(32-24-43)55(48-33-25-44(26-34-48)40-13-5-2-6-14-40)49-35-27-45(28-36-49)41-19-21-42(22-20-41)46-29-37-50(38-30-46)56-53-17-9-7-15-51(53)52-16-8-10-18-54(52)56/h1-7,9,11-15,17,19-38H,8,10,16,18H2. The van der Waals surface area contributed by atoms with Crippen molar-refractivity contribution in [2.45, 2.75) is 25.7 Å². The zero-order chi connectivity index (χ0) is 37.3. The number of anilines is 3. The van der Waals surface area contributed by atoms with Gasteiger partial charge < -0.3 is 9.47 Å². The maximum Gasteiger partial charge on any atom is 0.0534 e. The van der Waals surface area contributed by atoms with E-state index in [1.807, 2.05) is 0 Å². The maximum atomic E-state index is 2.50. The van der Waals surface area contributed by atoms with Crippen LogP contribution in [-0.2, 0) is 12.8 Å². The second-order valence-electron chi connectivity index (χ2n) is 14.8. The summed E-state index contributed by atoms with van der Waals surface area (Å²) in [6, 6.07) is 74.9. The summed E-state index contributed by atoms with van der Waals surface area (Å²) in [6.45, 7) is 0. The summed E-state index contributed by atoms with van der Waals surface area (Å²) < 4.78 is 2.50. The number of hydrogen-bond acceptors (Lipinski definition) is 1.